The average molecular weight is 677 g/mol. The molecule has 0 spiro atoms. The number of nitro groups is 2. The fraction of sp³-hybridized carbons (Fsp3) is 0.163. The smallest absolute Gasteiger partial charge is 0.269 e. The highest BCUT2D eigenvalue weighted by molar-refractivity contribution is 5.86. The quantitative estimate of drug-likeness (QED) is 0.117. The van der Waals surface area contributed by atoms with Crippen LogP contribution in [0.2, 0.25) is 0 Å². The SMILES string of the molecule is Cc1cc([N+](=O)[O-])ccc1Oc1c(C)cc(C2(c3cc(C)c(Oc4ccc([N+](=O)[O-])cc4C)c(C)c3)c3ccccc3-c3ccccc32)cc1C. The van der Waals surface area contributed by atoms with E-state index in [0.717, 1.165) is 33.4 Å². The molecule has 254 valence electrons. The van der Waals surface area contributed by atoms with E-state index >= 15 is 0 Å². The van der Waals surface area contributed by atoms with Crippen molar-refractivity contribution < 1.29 is 19.3 Å². The molecule has 0 heterocycles. The monoisotopic (exact) mass is 676 g/mol. The number of hydrogen-bond acceptors (Lipinski definition) is 6. The Kier molecular flexibility index (Phi) is 8.18. The number of benzene rings is 6. The lowest BCUT2D eigenvalue weighted by atomic mass is 9.66. The van der Waals surface area contributed by atoms with Crippen LogP contribution in [0.15, 0.2) is 109 Å². The third-order valence-corrected chi connectivity index (χ3v) is 9.90. The molecule has 6 aromatic carbocycles. The highest BCUT2D eigenvalue weighted by Gasteiger charge is 2.46. The van der Waals surface area contributed by atoms with E-state index in [1.165, 1.54) is 46.5 Å². The Hall–Kier alpha value is -6.28. The fourth-order valence-electron chi connectivity index (χ4n) is 7.62. The van der Waals surface area contributed by atoms with Gasteiger partial charge < -0.3 is 9.47 Å². The Balaban J connectivity index is 1.40. The third-order valence-electron chi connectivity index (χ3n) is 9.90. The molecule has 0 amide bonds. The summed E-state index contributed by atoms with van der Waals surface area (Å²) in [5.41, 5.74) is 11.3. The number of nitrogens with zero attached hydrogens (tertiary/aromatic N) is 2. The standard InChI is InChI=1S/C43H36N2O6/c1-25-23-33(44(46)47)15-17-39(25)50-41-27(3)19-31(20-28(41)4)43(37-13-9-7-11-35(37)36-12-8-10-14-38(36)43)32-21-29(5)42(30(6)22-32)51-40-18-16-34(45(48)49)24-26(40)2/h7-24H,1-6H3. The molecular formula is C43H36N2O6. The topological polar surface area (TPSA) is 105 Å². The Bertz CT molecular complexity index is 2200. The van der Waals surface area contributed by atoms with Gasteiger partial charge in [-0.1, -0.05) is 72.8 Å². The first-order valence-corrected chi connectivity index (χ1v) is 16.7. The van der Waals surface area contributed by atoms with Gasteiger partial charge in [0.05, 0.1) is 15.3 Å². The van der Waals surface area contributed by atoms with Gasteiger partial charge in [0, 0.05) is 24.3 Å². The lowest BCUT2D eigenvalue weighted by molar-refractivity contribution is -0.385. The highest BCUT2D eigenvalue weighted by atomic mass is 16.6. The minimum atomic E-state index is -0.679. The van der Waals surface area contributed by atoms with Gasteiger partial charge in [0.1, 0.15) is 23.0 Å². The second kappa shape index (κ2) is 12.6. The molecule has 0 aliphatic heterocycles. The van der Waals surface area contributed by atoms with E-state index in [4.69, 9.17) is 9.47 Å². The molecule has 0 atom stereocenters. The second-order valence-electron chi connectivity index (χ2n) is 13.3. The maximum Gasteiger partial charge on any atom is 0.269 e. The highest BCUT2D eigenvalue weighted by Crippen LogP contribution is 2.57. The predicted octanol–water partition coefficient (Wildman–Crippen LogP) is 11.3. The van der Waals surface area contributed by atoms with Crippen LogP contribution in [0.25, 0.3) is 11.1 Å². The Morgan fingerprint density at radius 1 is 0.471 bits per heavy atom. The molecule has 0 saturated carbocycles. The van der Waals surface area contributed by atoms with Gasteiger partial charge in [0.25, 0.3) is 11.4 Å². The molecule has 8 nitrogen and oxygen atoms in total. The summed E-state index contributed by atoms with van der Waals surface area (Å²) >= 11 is 0. The van der Waals surface area contributed by atoms with Crippen LogP contribution in [-0.4, -0.2) is 9.85 Å². The number of fused-ring (bicyclic) bond motifs is 3. The predicted molar refractivity (Wildman–Crippen MR) is 199 cm³/mol. The molecular weight excluding hydrogens is 640 g/mol. The summed E-state index contributed by atoms with van der Waals surface area (Å²) in [5, 5.41) is 22.7. The van der Waals surface area contributed by atoms with Crippen molar-refractivity contribution in [1.29, 1.82) is 0 Å². The third kappa shape index (κ3) is 5.49. The molecule has 8 heteroatoms. The van der Waals surface area contributed by atoms with Crippen LogP contribution < -0.4 is 9.47 Å². The lowest BCUT2D eigenvalue weighted by Gasteiger charge is -2.35. The van der Waals surface area contributed by atoms with Gasteiger partial charge >= 0.3 is 0 Å². The van der Waals surface area contributed by atoms with E-state index in [-0.39, 0.29) is 11.4 Å². The summed E-state index contributed by atoms with van der Waals surface area (Å²) in [6.07, 6.45) is 0. The zero-order valence-electron chi connectivity index (χ0n) is 29.2. The zero-order chi connectivity index (χ0) is 36.2. The van der Waals surface area contributed by atoms with Gasteiger partial charge in [0.2, 0.25) is 0 Å². The van der Waals surface area contributed by atoms with E-state index in [1.54, 1.807) is 12.1 Å². The van der Waals surface area contributed by atoms with Crippen molar-refractivity contribution >= 4 is 11.4 Å². The molecule has 1 aliphatic carbocycles. The summed E-state index contributed by atoms with van der Waals surface area (Å²) in [7, 11) is 0. The van der Waals surface area contributed by atoms with E-state index in [2.05, 4.69) is 72.8 Å². The average Bonchev–Trinajstić information content (AvgIpc) is 3.40. The summed E-state index contributed by atoms with van der Waals surface area (Å²) in [6.45, 7) is 11.8. The normalized spacial score (nSPS) is 12.6. The van der Waals surface area contributed by atoms with E-state index in [9.17, 15) is 20.2 Å². The van der Waals surface area contributed by atoms with E-state index < -0.39 is 15.3 Å². The second-order valence-corrected chi connectivity index (χ2v) is 13.3. The van der Waals surface area contributed by atoms with Gasteiger partial charge in [-0.3, -0.25) is 20.2 Å². The summed E-state index contributed by atoms with van der Waals surface area (Å²) in [6, 6.07) is 35.1. The molecule has 0 radical (unpaired) electrons. The molecule has 0 N–H and O–H groups in total. The number of nitro benzene ring substituents is 2. The van der Waals surface area contributed by atoms with Crippen LogP contribution in [0.4, 0.5) is 11.4 Å². The molecule has 6 aromatic rings. The first-order chi connectivity index (χ1) is 24.4. The van der Waals surface area contributed by atoms with Crippen molar-refractivity contribution in [2.24, 2.45) is 0 Å². The molecule has 0 saturated heterocycles. The van der Waals surface area contributed by atoms with Gasteiger partial charge in [-0.2, -0.15) is 0 Å². The maximum absolute atomic E-state index is 11.3. The maximum atomic E-state index is 11.3. The number of non-ortho nitro benzene ring substituents is 2. The van der Waals surface area contributed by atoms with E-state index in [0.29, 0.717) is 34.1 Å². The molecule has 0 unspecified atom stereocenters. The van der Waals surface area contributed by atoms with Gasteiger partial charge in [-0.15, -0.1) is 0 Å². The van der Waals surface area contributed by atoms with Crippen LogP contribution in [0.3, 0.4) is 0 Å². The zero-order valence-corrected chi connectivity index (χ0v) is 29.2. The van der Waals surface area contributed by atoms with Crippen molar-refractivity contribution in [1.82, 2.24) is 0 Å². The Labute approximate surface area is 296 Å². The van der Waals surface area contributed by atoms with Crippen molar-refractivity contribution in [2.45, 2.75) is 47.0 Å². The van der Waals surface area contributed by atoms with Gasteiger partial charge in [-0.05, 0) is 120 Å². The molecule has 0 bridgehead atoms. The molecule has 0 fully saturated rings. The minimum Gasteiger partial charge on any atom is -0.457 e. The van der Waals surface area contributed by atoms with Crippen molar-refractivity contribution in [3.8, 4) is 34.1 Å². The summed E-state index contributed by atoms with van der Waals surface area (Å²) in [5.74, 6) is 2.55. The first kappa shape index (κ1) is 33.2. The van der Waals surface area contributed by atoms with Crippen LogP contribution in [-0.2, 0) is 5.41 Å². The van der Waals surface area contributed by atoms with Crippen molar-refractivity contribution in [3.63, 3.8) is 0 Å². The van der Waals surface area contributed by atoms with Crippen LogP contribution in [0.5, 0.6) is 23.0 Å². The van der Waals surface area contributed by atoms with Crippen molar-refractivity contribution in [3.05, 3.63) is 185 Å². The molecule has 7 rings (SSSR count). The number of rotatable bonds is 8. The van der Waals surface area contributed by atoms with Gasteiger partial charge in [-0.25, -0.2) is 0 Å². The first-order valence-electron chi connectivity index (χ1n) is 16.7. The van der Waals surface area contributed by atoms with Gasteiger partial charge in [0.15, 0.2) is 0 Å². The minimum absolute atomic E-state index is 0.0223. The summed E-state index contributed by atoms with van der Waals surface area (Å²) in [4.78, 5) is 21.9. The Morgan fingerprint density at radius 3 is 1.16 bits per heavy atom. The summed E-state index contributed by atoms with van der Waals surface area (Å²) < 4.78 is 12.9. The molecule has 1 aliphatic rings. The number of aryl methyl sites for hydroxylation is 6. The molecule has 0 aromatic heterocycles. The largest absolute Gasteiger partial charge is 0.457 e. The fourth-order valence-corrected chi connectivity index (χ4v) is 7.62. The van der Waals surface area contributed by atoms with Crippen molar-refractivity contribution in [2.75, 3.05) is 0 Å². The van der Waals surface area contributed by atoms with Crippen LogP contribution >= 0.6 is 0 Å². The lowest BCUT2D eigenvalue weighted by Crippen LogP contribution is -2.29. The Morgan fingerprint density at radius 2 is 0.824 bits per heavy atom. The molecule has 51 heavy (non-hydrogen) atoms. The number of hydrogen-bond donors (Lipinski definition) is 0. The van der Waals surface area contributed by atoms with E-state index in [1.807, 2.05) is 41.5 Å². The van der Waals surface area contributed by atoms with Crippen LogP contribution in [0.1, 0.15) is 55.6 Å². The number of ether oxygens (including phenoxy) is 2. The van der Waals surface area contributed by atoms with Crippen LogP contribution in [0, 0.1) is 61.8 Å².